The number of ether oxygens (including phenoxy) is 1. The summed E-state index contributed by atoms with van der Waals surface area (Å²) in [4.78, 5) is 32.9. The van der Waals surface area contributed by atoms with Gasteiger partial charge in [-0.1, -0.05) is 29.5 Å². The first-order valence-electron chi connectivity index (χ1n) is 12.0. The zero-order valence-corrected chi connectivity index (χ0v) is 21.2. The van der Waals surface area contributed by atoms with Crippen molar-refractivity contribution in [3.8, 4) is 5.75 Å². The molecule has 2 aliphatic heterocycles. The molecule has 1 fully saturated rings. The number of hydrogen-bond acceptors (Lipinski definition) is 6. The van der Waals surface area contributed by atoms with Gasteiger partial charge in [-0.05, 0) is 79.4 Å². The maximum atomic E-state index is 13.8. The summed E-state index contributed by atoms with van der Waals surface area (Å²) in [7, 11) is 0. The number of aliphatic hydroxyl groups is 1. The lowest BCUT2D eigenvalue weighted by atomic mass is 9.94. The molecule has 0 spiro atoms. The van der Waals surface area contributed by atoms with Crippen LogP contribution < -0.4 is 9.64 Å². The van der Waals surface area contributed by atoms with Crippen molar-refractivity contribution in [2.45, 2.75) is 39.3 Å². The number of aliphatic hydroxyl groups excluding tert-OH is 1. The van der Waals surface area contributed by atoms with Crippen molar-refractivity contribution in [3.05, 3.63) is 93.8 Å². The minimum absolute atomic E-state index is 0.0170. The Hall–Kier alpha value is -4.04. The molecule has 2 aliphatic rings. The standard InChI is InChI=1S/C29H23FN2O4S/c1-14-10-15(2)24-22(11-14)37-29(31-24)32-25(17-4-7-20(30)8-5-17)23(27(34)28(32)35)26(33)18-6-9-21-19(13-18)12-16(3)36-21/h4-11,13,16,25,33H,12H2,1-3H3/b26-23-. The summed E-state index contributed by atoms with van der Waals surface area (Å²) in [5, 5.41) is 11.8. The van der Waals surface area contributed by atoms with Crippen LogP contribution in [0.5, 0.6) is 5.75 Å². The van der Waals surface area contributed by atoms with Crippen molar-refractivity contribution < 1.29 is 23.8 Å². The first kappa shape index (κ1) is 23.4. The number of Topliss-reactive ketones (excluding diaryl/α,β-unsaturated/α-hetero) is 1. The van der Waals surface area contributed by atoms with Gasteiger partial charge in [0, 0.05) is 12.0 Å². The highest BCUT2D eigenvalue weighted by Crippen LogP contribution is 2.45. The summed E-state index contributed by atoms with van der Waals surface area (Å²) in [6.07, 6.45) is 0.694. The lowest BCUT2D eigenvalue weighted by Gasteiger charge is -2.23. The molecule has 1 saturated heterocycles. The number of nitrogens with zero attached hydrogens (tertiary/aromatic N) is 2. The second kappa shape index (κ2) is 8.52. The summed E-state index contributed by atoms with van der Waals surface area (Å²) < 4.78 is 20.5. The molecule has 2 unspecified atom stereocenters. The first-order valence-corrected chi connectivity index (χ1v) is 12.8. The average molecular weight is 515 g/mol. The number of halogens is 1. The molecule has 0 aliphatic carbocycles. The van der Waals surface area contributed by atoms with Gasteiger partial charge in [0.15, 0.2) is 5.13 Å². The van der Waals surface area contributed by atoms with E-state index in [0.29, 0.717) is 22.7 Å². The summed E-state index contributed by atoms with van der Waals surface area (Å²) in [5.41, 5.74) is 4.54. The lowest BCUT2D eigenvalue weighted by Crippen LogP contribution is -2.29. The third kappa shape index (κ3) is 3.79. The molecule has 0 bridgehead atoms. The number of carbonyl (C=O) groups is 2. The first-order chi connectivity index (χ1) is 17.7. The molecule has 186 valence electrons. The van der Waals surface area contributed by atoms with Crippen molar-refractivity contribution in [1.82, 2.24) is 4.98 Å². The molecule has 6 rings (SSSR count). The second-order valence-electron chi connectivity index (χ2n) is 9.60. The summed E-state index contributed by atoms with van der Waals surface area (Å²) in [6, 6.07) is 13.8. The fourth-order valence-electron chi connectivity index (χ4n) is 5.18. The summed E-state index contributed by atoms with van der Waals surface area (Å²) in [5.74, 6) is -1.60. The van der Waals surface area contributed by atoms with E-state index in [1.807, 2.05) is 32.9 Å². The third-order valence-corrected chi connectivity index (χ3v) is 7.83. The van der Waals surface area contributed by atoms with Crippen molar-refractivity contribution >= 4 is 44.1 Å². The van der Waals surface area contributed by atoms with Gasteiger partial charge in [-0.3, -0.25) is 14.5 Å². The molecule has 1 aromatic heterocycles. The van der Waals surface area contributed by atoms with E-state index in [1.165, 1.54) is 40.5 Å². The quantitative estimate of drug-likeness (QED) is 0.206. The van der Waals surface area contributed by atoms with Crippen LogP contribution in [0.2, 0.25) is 0 Å². The fraction of sp³-hybridized carbons (Fsp3) is 0.207. The van der Waals surface area contributed by atoms with Crippen LogP contribution in [0, 0.1) is 19.7 Å². The maximum Gasteiger partial charge on any atom is 0.301 e. The van der Waals surface area contributed by atoms with E-state index in [1.54, 1.807) is 18.2 Å². The van der Waals surface area contributed by atoms with Crippen molar-refractivity contribution in [2.24, 2.45) is 0 Å². The molecule has 2 atom stereocenters. The molecule has 3 heterocycles. The number of hydrogen-bond donors (Lipinski definition) is 1. The van der Waals surface area contributed by atoms with Crippen LogP contribution in [0.25, 0.3) is 16.0 Å². The molecule has 6 nitrogen and oxygen atoms in total. The van der Waals surface area contributed by atoms with E-state index in [4.69, 9.17) is 9.72 Å². The molecule has 4 aromatic rings. The zero-order chi connectivity index (χ0) is 26.0. The number of rotatable bonds is 3. The number of aryl methyl sites for hydroxylation is 2. The van der Waals surface area contributed by atoms with Gasteiger partial charge in [-0.2, -0.15) is 0 Å². The van der Waals surface area contributed by atoms with Crippen molar-refractivity contribution in [1.29, 1.82) is 0 Å². The third-order valence-electron chi connectivity index (χ3n) is 6.82. The van der Waals surface area contributed by atoms with Gasteiger partial charge >= 0.3 is 5.91 Å². The predicted octanol–water partition coefficient (Wildman–Crippen LogP) is 6.00. The van der Waals surface area contributed by atoms with Crippen LogP contribution in [0.15, 0.2) is 60.2 Å². The SMILES string of the molecule is Cc1cc(C)c2nc(N3C(=O)C(=O)/C(=C(\O)c4ccc5c(c4)CC(C)O5)C3c3ccc(F)cc3)sc2c1. The molecule has 0 saturated carbocycles. The minimum atomic E-state index is -0.967. The Kier molecular flexibility index (Phi) is 5.38. The van der Waals surface area contributed by atoms with E-state index < -0.39 is 23.5 Å². The van der Waals surface area contributed by atoms with Crippen LogP contribution in [0.1, 0.15) is 40.8 Å². The minimum Gasteiger partial charge on any atom is -0.507 e. The number of ketones is 1. The van der Waals surface area contributed by atoms with Gasteiger partial charge in [0.2, 0.25) is 0 Å². The number of anilines is 1. The van der Waals surface area contributed by atoms with E-state index in [0.717, 1.165) is 32.7 Å². The van der Waals surface area contributed by atoms with Gasteiger partial charge in [0.05, 0.1) is 21.8 Å². The highest BCUT2D eigenvalue weighted by molar-refractivity contribution is 7.22. The Morgan fingerprint density at radius 3 is 2.62 bits per heavy atom. The maximum absolute atomic E-state index is 13.8. The predicted molar refractivity (Wildman–Crippen MR) is 141 cm³/mol. The van der Waals surface area contributed by atoms with Gasteiger partial charge in [0.25, 0.3) is 5.78 Å². The van der Waals surface area contributed by atoms with Crippen molar-refractivity contribution in [2.75, 3.05) is 4.90 Å². The van der Waals surface area contributed by atoms with Gasteiger partial charge in [-0.25, -0.2) is 9.37 Å². The second-order valence-corrected chi connectivity index (χ2v) is 10.6. The van der Waals surface area contributed by atoms with Crippen LogP contribution in [-0.2, 0) is 16.0 Å². The Labute approximate surface area is 216 Å². The molecular weight excluding hydrogens is 491 g/mol. The highest BCUT2D eigenvalue weighted by atomic mass is 32.1. The molecular formula is C29H23FN2O4S. The fourth-order valence-corrected chi connectivity index (χ4v) is 6.35. The van der Waals surface area contributed by atoms with E-state index in [9.17, 15) is 19.1 Å². The Morgan fingerprint density at radius 2 is 1.86 bits per heavy atom. The number of benzene rings is 3. The van der Waals surface area contributed by atoms with E-state index in [2.05, 4.69) is 0 Å². The van der Waals surface area contributed by atoms with E-state index >= 15 is 0 Å². The van der Waals surface area contributed by atoms with Gasteiger partial charge < -0.3 is 9.84 Å². The van der Waals surface area contributed by atoms with Gasteiger partial charge in [0.1, 0.15) is 23.4 Å². The normalized spacial score (nSPS) is 20.5. The zero-order valence-electron chi connectivity index (χ0n) is 20.4. The molecule has 1 amide bonds. The van der Waals surface area contributed by atoms with Crippen LogP contribution in [0.3, 0.4) is 0 Å². The summed E-state index contributed by atoms with van der Waals surface area (Å²) >= 11 is 1.30. The smallest absolute Gasteiger partial charge is 0.301 e. The van der Waals surface area contributed by atoms with Crippen LogP contribution >= 0.6 is 11.3 Å². The molecule has 3 aromatic carbocycles. The highest BCUT2D eigenvalue weighted by Gasteiger charge is 2.48. The van der Waals surface area contributed by atoms with E-state index in [-0.39, 0.29) is 17.4 Å². The number of amides is 1. The molecule has 37 heavy (non-hydrogen) atoms. The Balaban J connectivity index is 1.54. The topological polar surface area (TPSA) is 79.7 Å². The number of thiazole rings is 1. The Bertz CT molecular complexity index is 1640. The van der Waals surface area contributed by atoms with Crippen LogP contribution in [0.4, 0.5) is 9.52 Å². The molecule has 0 radical (unpaired) electrons. The lowest BCUT2D eigenvalue weighted by molar-refractivity contribution is -0.132. The number of aromatic nitrogens is 1. The summed E-state index contributed by atoms with van der Waals surface area (Å²) in [6.45, 7) is 5.89. The monoisotopic (exact) mass is 514 g/mol. The Morgan fingerprint density at radius 1 is 1.11 bits per heavy atom. The largest absolute Gasteiger partial charge is 0.507 e. The van der Waals surface area contributed by atoms with Gasteiger partial charge in [-0.15, -0.1) is 0 Å². The average Bonchev–Trinajstić information content (AvgIpc) is 3.52. The number of carbonyl (C=O) groups excluding carboxylic acids is 2. The number of fused-ring (bicyclic) bond motifs is 2. The molecule has 1 N–H and O–H groups in total. The molecule has 8 heteroatoms. The van der Waals surface area contributed by atoms with Crippen molar-refractivity contribution in [3.63, 3.8) is 0 Å². The van der Waals surface area contributed by atoms with Crippen LogP contribution in [-0.4, -0.2) is 27.9 Å².